The van der Waals surface area contributed by atoms with Crippen molar-refractivity contribution in [2.24, 2.45) is 0 Å². The Morgan fingerprint density at radius 3 is 2.82 bits per heavy atom. The van der Waals surface area contributed by atoms with E-state index in [2.05, 4.69) is 5.32 Å². The van der Waals surface area contributed by atoms with Crippen LogP contribution in [-0.4, -0.2) is 18.7 Å². The van der Waals surface area contributed by atoms with Crippen molar-refractivity contribution in [3.63, 3.8) is 0 Å². The second-order valence-corrected chi connectivity index (χ2v) is 4.59. The predicted octanol–water partition coefficient (Wildman–Crippen LogP) is 2.44. The Labute approximate surface area is 105 Å². The molecular formula is C12H14ClF2NO. The van der Waals surface area contributed by atoms with Gasteiger partial charge in [-0.3, -0.25) is 0 Å². The molecule has 0 radical (unpaired) electrons. The number of benzene rings is 1. The maximum absolute atomic E-state index is 13.5. The van der Waals surface area contributed by atoms with Gasteiger partial charge in [-0.05, 0) is 25.5 Å². The molecule has 2 aliphatic heterocycles. The monoisotopic (exact) mass is 261 g/mol. The fourth-order valence-corrected chi connectivity index (χ4v) is 2.60. The van der Waals surface area contributed by atoms with E-state index in [0.717, 1.165) is 24.9 Å². The molecule has 1 unspecified atom stereocenters. The van der Waals surface area contributed by atoms with Crippen molar-refractivity contribution in [1.82, 2.24) is 5.32 Å². The first-order chi connectivity index (χ1) is 7.70. The lowest BCUT2D eigenvalue weighted by atomic mass is 9.89. The molecule has 2 heterocycles. The van der Waals surface area contributed by atoms with E-state index >= 15 is 0 Å². The number of halogens is 3. The van der Waals surface area contributed by atoms with Crippen molar-refractivity contribution in [3.05, 3.63) is 29.3 Å². The SMILES string of the molecule is Cl.Fc1ccc2c(c1F)OC1(CCCNC1)C2. The van der Waals surface area contributed by atoms with Gasteiger partial charge in [-0.15, -0.1) is 12.4 Å². The van der Waals surface area contributed by atoms with E-state index in [1.54, 1.807) is 6.07 Å². The van der Waals surface area contributed by atoms with Crippen LogP contribution in [0.2, 0.25) is 0 Å². The Balaban J connectivity index is 0.00000108. The number of hydrogen-bond donors (Lipinski definition) is 1. The summed E-state index contributed by atoms with van der Waals surface area (Å²) in [4.78, 5) is 0. The van der Waals surface area contributed by atoms with Gasteiger partial charge in [-0.25, -0.2) is 4.39 Å². The standard InChI is InChI=1S/C12H13F2NO.ClH/c13-9-3-2-8-6-12(4-1-5-15-7-12)16-11(8)10(9)14;/h2-3,15H,1,4-7H2;1H. The third-order valence-corrected chi connectivity index (χ3v) is 3.40. The third-order valence-electron chi connectivity index (χ3n) is 3.40. The number of hydrogen-bond acceptors (Lipinski definition) is 2. The first-order valence-corrected chi connectivity index (χ1v) is 5.57. The lowest BCUT2D eigenvalue weighted by molar-refractivity contribution is 0.0621. The quantitative estimate of drug-likeness (QED) is 0.775. The minimum Gasteiger partial charge on any atom is -0.482 e. The molecule has 2 aliphatic rings. The molecule has 5 heteroatoms. The normalized spacial score (nSPS) is 26.2. The molecule has 0 bridgehead atoms. The van der Waals surface area contributed by atoms with Crippen molar-refractivity contribution in [3.8, 4) is 5.75 Å². The smallest absolute Gasteiger partial charge is 0.200 e. The zero-order valence-electron chi connectivity index (χ0n) is 9.26. The zero-order chi connectivity index (χ0) is 11.2. The maximum Gasteiger partial charge on any atom is 0.200 e. The average Bonchev–Trinajstić information content (AvgIpc) is 2.64. The van der Waals surface area contributed by atoms with E-state index in [1.807, 2.05) is 0 Å². The molecule has 0 aliphatic carbocycles. The third kappa shape index (κ3) is 2.00. The van der Waals surface area contributed by atoms with Crippen molar-refractivity contribution in [2.45, 2.75) is 24.9 Å². The van der Waals surface area contributed by atoms with Crippen LogP contribution in [-0.2, 0) is 6.42 Å². The Hall–Kier alpha value is -0.870. The molecular weight excluding hydrogens is 248 g/mol. The van der Waals surface area contributed by atoms with Crippen LogP contribution in [0.1, 0.15) is 18.4 Å². The number of fused-ring (bicyclic) bond motifs is 1. The molecule has 1 saturated heterocycles. The molecule has 0 amide bonds. The summed E-state index contributed by atoms with van der Waals surface area (Å²) in [6.07, 6.45) is 2.58. The number of ether oxygens (including phenoxy) is 1. The minimum absolute atomic E-state index is 0. The summed E-state index contributed by atoms with van der Waals surface area (Å²) < 4.78 is 32.2. The maximum atomic E-state index is 13.5. The summed E-state index contributed by atoms with van der Waals surface area (Å²) >= 11 is 0. The average molecular weight is 262 g/mol. The summed E-state index contributed by atoms with van der Waals surface area (Å²) in [7, 11) is 0. The Bertz CT molecular complexity index is 433. The molecule has 2 nitrogen and oxygen atoms in total. The number of piperidine rings is 1. The van der Waals surface area contributed by atoms with Gasteiger partial charge < -0.3 is 10.1 Å². The van der Waals surface area contributed by atoms with Crippen LogP contribution in [0.25, 0.3) is 0 Å². The van der Waals surface area contributed by atoms with Gasteiger partial charge in [0.25, 0.3) is 0 Å². The van der Waals surface area contributed by atoms with E-state index in [4.69, 9.17) is 4.74 Å². The second kappa shape index (κ2) is 4.42. The van der Waals surface area contributed by atoms with Gasteiger partial charge in [0.1, 0.15) is 5.60 Å². The van der Waals surface area contributed by atoms with E-state index in [9.17, 15) is 8.78 Å². The molecule has 17 heavy (non-hydrogen) atoms. The fraction of sp³-hybridized carbons (Fsp3) is 0.500. The first kappa shape index (κ1) is 12.6. The second-order valence-electron chi connectivity index (χ2n) is 4.59. The minimum atomic E-state index is -0.847. The van der Waals surface area contributed by atoms with E-state index in [-0.39, 0.29) is 23.8 Å². The van der Waals surface area contributed by atoms with Crippen molar-refractivity contribution >= 4 is 12.4 Å². The van der Waals surface area contributed by atoms with Crippen LogP contribution in [0.3, 0.4) is 0 Å². The van der Waals surface area contributed by atoms with Crippen molar-refractivity contribution in [2.75, 3.05) is 13.1 Å². The topological polar surface area (TPSA) is 21.3 Å². The largest absolute Gasteiger partial charge is 0.482 e. The van der Waals surface area contributed by atoms with Crippen LogP contribution in [0.4, 0.5) is 8.78 Å². The van der Waals surface area contributed by atoms with Gasteiger partial charge in [-0.2, -0.15) is 4.39 Å². The highest BCUT2D eigenvalue weighted by Crippen LogP contribution is 2.40. The Morgan fingerprint density at radius 2 is 2.12 bits per heavy atom. The van der Waals surface area contributed by atoms with Crippen molar-refractivity contribution in [1.29, 1.82) is 0 Å². The molecule has 1 N–H and O–H groups in total. The molecule has 1 aromatic carbocycles. The molecule has 0 saturated carbocycles. The van der Waals surface area contributed by atoms with Crippen LogP contribution in [0.5, 0.6) is 5.75 Å². The lowest BCUT2D eigenvalue weighted by Gasteiger charge is -2.33. The van der Waals surface area contributed by atoms with Crippen LogP contribution in [0, 0.1) is 11.6 Å². The van der Waals surface area contributed by atoms with E-state index < -0.39 is 11.6 Å². The number of nitrogens with one attached hydrogen (secondary N) is 1. The highest BCUT2D eigenvalue weighted by molar-refractivity contribution is 5.85. The predicted molar refractivity (Wildman–Crippen MR) is 62.8 cm³/mol. The number of rotatable bonds is 0. The molecule has 3 rings (SSSR count). The molecule has 94 valence electrons. The van der Waals surface area contributed by atoms with Crippen LogP contribution >= 0.6 is 12.4 Å². The van der Waals surface area contributed by atoms with Gasteiger partial charge in [0.15, 0.2) is 11.6 Å². The van der Waals surface area contributed by atoms with E-state index in [1.165, 1.54) is 6.07 Å². The highest BCUT2D eigenvalue weighted by Gasteiger charge is 2.42. The summed E-state index contributed by atoms with van der Waals surface area (Å²) in [5, 5.41) is 3.25. The van der Waals surface area contributed by atoms with Gasteiger partial charge >= 0.3 is 0 Å². The summed E-state index contributed by atoms with van der Waals surface area (Å²) in [5.74, 6) is -1.57. The highest BCUT2D eigenvalue weighted by atomic mass is 35.5. The molecule has 1 fully saturated rings. The summed E-state index contributed by atoms with van der Waals surface area (Å²) in [6, 6.07) is 2.80. The van der Waals surface area contributed by atoms with Gasteiger partial charge in [0, 0.05) is 18.5 Å². The summed E-state index contributed by atoms with van der Waals surface area (Å²) in [5.41, 5.74) is 0.428. The van der Waals surface area contributed by atoms with Gasteiger partial charge in [0.05, 0.1) is 0 Å². The summed E-state index contributed by atoms with van der Waals surface area (Å²) in [6.45, 7) is 1.68. The van der Waals surface area contributed by atoms with Gasteiger partial charge in [0.2, 0.25) is 5.82 Å². The molecule has 0 aromatic heterocycles. The molecule has 1 spiro atoms. The Morgan fingerprint density at radius 1 is 1.29 bits per heavy atom. The molecule has 1 atom stereocenters. The molecule has 1 aromatic rings. The van der Waals surface area contributed by atoms with Crippen molar-refractivity contribution < 1.29 is 13.5 Å². The Kier molecular flexibility index (Phi) is 3.27. The van der Waals surface area contributed by atoms with E-state index in [0.29, 0.717) is 13.0 Å². The fourth-order valence-electron chi connectivity index (χ4n) is 2.60. The first-order valence-electron chi connectivity index (χ1n) is 5.57. The zero-order valence-corrected chi connectivity index (χ0v) is 10.1. The van der Waals surface area contributed by atoms with Gasteiger partial charge in [-0.1, -0.05) is 6.07 Å². The van der Waals surface area contributed by atoms with Crippen LogP contribution in [0.15, 0.2) is 12.1 Å². The van der Waals surface area contributed by atoms with Crippen LogP contribution < -0.4 is 10.1 Å². The lowest BCUT2D eigenvalue weighted by Crippen LogP contribution is -2.49.